The summed E-state index contributed by atoms with van der Waals surface area (Å²) >= 11 is 5.81. The van der Waals surface area contributed by atoms with Crippen molar-refractivity contribution in [3.63, 3.8) is 0 Å². The van der Waals surface area contributed by atoms with E-state index in [-0.39, 0.29) is 22.8 Å². The van der Waals surface area contributed by atoms with E-state index in [0.717, 1.165) is 4.52 Å². The van der Waals surface area contributed by atoms with E-state index in [1.54, 1.807) is 6.92 Å². The predicted molar refractivity (Wildman–Crippen MR) is 56.1 cm³/mol. The monoisotopic (exact) mass is 242 g/mol. The summed E-state index contributed by atoms with van der Waals surface area (Å²) in [6.45, 7) is 1.89. The fraction of sp³-hybridized carbons (Fsp3) is 0.200. The number of rotatable bonds is 2. The first-order chi connectivity index (χ1) is 7.65. The predicted octanol–water partition coefficient (Wildman–Crippen LogP) is 2.30. The van der Waals surface area contributed by atoms with Gasteiger partial charge >= 0.3 is 5.97 Å². The summed E-state index contributed by atoms with van der Waals surface area (Å²) in [5.74, 6) is -1.18. The third-order valence-electron chi connectivity index (χ3n) is 2.06. The van der Waals surface area contributed by atoms with Gasteiger partial charge in [-0.05, 0) is 19.1 Å². The summed E-state index contributed by atoms with van der Waals surface area (Å²) in [4.78, 5) is 11.5. The van der Waals surface area contributed by atoms with Crippen LogP contribution in [-0.4, -0.2) is 22.2 Å². The Morgan fingerprint density at radius 1 is 1.62 bits per heavy atom. The van der Waals surface area contributed by atoms with Crippen LogP contribution >= 0.6 is 11.6 Å². The summed E-state index contributed by atoms with van der Waals surface area (Å²) in [5.41, 5.74) is 0.104. The maximum absolute atomic E-state index is 13.5. The van der Waals surface area contributed by atoms with Gasteiger partial charge in [0.25, 0.3) is 0 Å². The fourth-order valence-electron chi connectivity index (χ4n) is 1.39. The molecule has 0 saturated heterocycles. The van der Waals surface area contributed by atoms with E-state index in [1.165, 1.54) is 18.3 Å². The minimum absolute atomic E-state index is 0.0333. The molecule has 0 spiro atoms. The van der Waals surface area contributed by atoms with Crippen molar-refractivity contribution in [3.05, 3.63) is 34.9 Å². The molecule has 4 nitrogen and oxygen atoms in total. The molecule has 0 saturated carbocycles. The van der Waals surface area contributed by atoms with Gasteiger partial charge in [0.15, 0.2) is 0 Å². The summed E-state index contributed by atoms with van der Waals surface area (Å²) in [6, 6.07) is 2.55. The molecule has 0 atom stereocenters. The van der Waals surface area contributed by atoms with Crippen molar-refractivity contribution >= 4 is 23.1 Å². The zero-order valence-electron chi connectivity index (χ0n) is 8.41. The van der Waals surface area contributed by atoms with Crippen LogP contribution in [-0.2, 0) is 4.74 Å². The topological polar surface area (TPSA) is 43.6 Å². The lowest BCUT2D eigenvalue weighted by Gasteiger charge is -2.01. The summed E-state index contributed by atoms with van der Waals surface area (Å²) < 4.78 is 19.5. The molecule has 84 valence electrons. The largest absolute Gasteiger partial charge is 0.462 e. The van der Waals surface area contributed by atoms with Crippen LogP contribution in [0, 0.1) is 5.82 Å². The number of aromatic nitrogens is 2. The Labute approximate surface area is 95.6 Å². The lowest BCUT2D eigenvalue weighted by Crippen LogP contribution is -2.05. The van der Waals surface area contributed by atoms with Crippen LogP contribution in [0.5, 0.6) is 0 Å². The molecule has 0 aliphatic rings. The molecule has 0 radical (unpaired) electrons. The van der Waals surface area contributed by atoms with Crippen molar-refractivity contribution in [2.45, 2.75) is 6.92 Å². The van der Waals surface area contributed by atoms with Gasteiger partial charge in [-0.3, -0.25) is 0 Å². The van der Waals surface area contributed by atoms with Crippen molar-refractivity contribution in [2.24, 2.45) is 0 Å². The molecule has 0 N–H and O–H groups in total. The number of ether oxygens (including phenoxy) is 1. The first-order valence-corrected chi connectivity index (χ1v) is 5.01. The van der Waals surface area contributed by atoms with E-state index >= 15 is 0 Å². The van der Waals surface area contributed by atoms with Crippen LogP contribution in [0.2, 0.25) is 5.15 Å². The van der Waals surface area contributed by atoms with Gasteiger partial charge in [0.1, 0.15) is 22.1 Å². The highest BCUT2D eigenvalue weighted by Crippen LogP contribution is 2.20. The summed E-state index contributed by atoms with van der Waals surface area (Å²) in [7, 11) is 0. The molecule has 16 heavy (non-hydrogen) atoms. The Bertz CT molecular complexity index is 553. The molecule has 0 amide bonds. The Morgan fingerprint density at radius 2 is 2.38 bits per heavy atom. The number of esters is 1. The van der Waals surface area contributed by atoms with Gasteiger partial charge in [-0.2, -0.15) is 5.10 Å². The highest BCUT2D eigenvalue weighted by atomic mass is 35.5. The van der Waals surface area contributed by atoms with Crippen LogP contribution in [0.3, 0.4) is 0 Å². The Hall–Kier alpha value is -1.62. The second kappa shape index (κ2) is 4.09. The van der Waals surface area contributed by atoms with E-state index in [4.69, 9.17) is 16.3 Å². The Kier molecular flexibility index (Phi) is 2.78. The van der Waals surface area contributed by atoms with Crippen molar-refractivity contribution in [2.75, 3.05) is 6.61 Å². The molecule has 2 aromatic rings. The number of pyridine rings is 1. The van der Waals surface area contributed by atoms with E-state index in [1.807, 2.05) is 0 Å². The molecule has 6 heteroatoms. The van der Waals surface area contributed by atoms with Gasteiger partial charge in [0.2, 0.25) is 0 Å². The number of fused-ring (bicyclic) bond motifs is 1. The quantitative estimate of drug-likeness (QED) is 0.600. The number of carbonyl (C=O) groups is 1. The fourth-order valence-corrected chi connectivity index (χ4v) is 1.58. The van der Waals surface area contributed by atoms with E-state index < -0.39 is 11.8 Å². The second-order valence-corrected chi connectivity index (χ2v) is 3.43. The van der Waals surface area contributed by atoms with Gasteiger partial charge in [0, 0.05) is 0 Å². The molecule has 0 bridgehead atoms. The first-order valence-electron chi connectivity index (χ1n) is 4.64. The lowest BCUT2D eigenvalue weighted by atomic mass is 10.2. The van der Waals surface area contributed by atoms with Crippen LogP contribution < -0.4 is 0 Å². The van der Waals surface area contributed by atoms with Crippen molar-refractivity contribution in [1.82, 2.24) is 9.61 Å². The number of carbonyl (C=O) groups excluding carboxylic acids is 1. The van der Waals surface area contributed by atoms with Crippen molar-refractivity contribution < 1.29 is 13.9 Å². The minimum atomic E-state index is -0.612. The summed E-state index contributed by atoms with van der Waals surface area (Å²) in [6.07, 6.45) is 1.24. The van der Waals surface area contributed by atoms with Crippen molar-refractivity contribution in [3.8, 4) is 0 Å². The van der Waals surface area contributed by atoms with Gasteiger partial charge in [-0.25, -0.2) is 13.7 Å². The van der Waals surface area contributed by atoms with Gasteiger partial charge < -0.3 is 4.74 Å². The smallest absolute Gasteiger partial charge is 0.342 e. The average Bonchev–Trinajstić information content (AvgIpc) is 2.69. The zero-order chi connectivity index (χ0) is 11.7. The second-order valence-electron chi connectivity index (χ2n) is 3.04. The van der Waals surface area contributed by atoms with Crippen LogP contribution in [0.1, 0.15) is 17.3 Å². The van der Waals surface area contributed by atoms with Gasteiger partial charge in [-0.1, -0.05) is 11.6 Å². The number of nitrogens with zero attached hydrogens (tertiary/aromatic N) is 2. The molecule has 0 fully saturated rings. The molecule has 0 aliphatic heterocycles. The average molecular weight is 243 g/mol. The standard InChI is InChI=1S/C10H8ClFN2O2/c1-2-16-10(15)6-5-13-14-8(11)4-3-7(12)9(6)14/h3-5H,2H2,1H3. The minimum Gasteiger partial charge on any atom is -0.462 e. The van der Waals surface area contributed by atoms with Gasteiger partial charge in [0.05, 0.1) is 12.8 Å². The van der Waals surface area contributed by atoms with E-state index in [2.05, 4.69) is 5.10 Å². The first kappa shape index (κ1) is 10.9. The maximum atomic E-state index is 13.5. The molecule has 2 aromatic heterocycles. The lowest BCUT2D eigenvalue weighted by molar-refractivity contribution is 0.0528. The van der Waals surface area contributed by atoms with E-state index in [9.17, 15) is 9.18 Å². The molecule has 2 heterocycles. The number of hydrogen-bond donors (Lipinski definition) is 0. The molecular formula is C10H8ClFN2O2. The third kappa shape index (κ3) is 1.63. The van der Waals surface area contributed by atoms with Crippen LogP contribution in [0.15, 0.2) is 18.3 Å². The maximum Gasteiger partial charge on any atom is 0.342 e. The molecule has 0 aromatic carbocycles. The highest BCUT2D eigenvalue weighted by molar-refractivity contribution is 6.29. The number of halogens is 2. The van der Waals surface area contributed by atoms with Gasteiger partial charge in [-0.15, -0.1) is 0 Å². The van der Waals surface area contributed by atoms with Crippen molar-refractivity contribution in [1.29, 1.82) is 0 Å². The zero-order valence-corrected chi connectivity index (χ0v) is 9.16. The molecule has 0 unspecified atom stereocenters. The van der Waals surface area contributed by atoms with Crippen LogP contribution in [0.4, 0.5) is 4.39 Å². The molecule has 0 aliphatic carbocycles. The number of hydrogen-bond acceptors (Lipinski definition) is 3. The van der Waals surface area contributed by atoms with Crippen LogP contribution in [0.25, 0.3) is 5.52 Å². The third-order valence-corrected chi connectivity index (χ3v) is 2.35. The molecular weight excluding hydrogens is 235 g/mol. The van der Waals surface area contributed by atoms with E-state index in [0.29, 0.717) is 0 Å². The SMILES string of the molecule is CCOC(=O)c1cnn2c(Cl)ccc(F)c12. The normalized spacial score (nSPS) is 10.7. The Balaban J connectivity index is 2.64. The molecule has 2 rings (SSSR count). The Morgan fingerprint density at radius 3 is 3.06 bits per heavy atom. The highest BCUT2D eigenvalue weighted by Gasteiger charge is 2.18. The summed E-state index contributed by atoms with van der Waals surface area (Å²) in [5, 5.41) is 4.05.